The number of carbonyl (C=O) groups is 1. The van der Waals surface area contributed by atoms with E-state index in [1.807, 2.05) is 19.9 Å². The van der Waals surface area contributed by atoms with E-state index in [2.05, 4.69) is 10.9 Å². The summed E-state index contributed by atoms with van der Waals surface area (Å²) in [5, 5.41) is 0. The quantitative estimate of drug-likeness (QED) is 0.426. The zero-order valence-electron chi connectivity index (χ0n) is 9.21. The predicted molar refractivity (Wildman–Crippen MR) is 60.7 cm³/mol. The summed E-state index contributed by atoms with van der Waals surface area (Å²) < 4.78 is 0. The van der Waals surface area contributed by atoms with Crippen molar-refractivity contribution < 1.29 is 4.79 Å². The maximum atomic E-state index is 11.7. The molecule has 0 N–H and O–H groups in total. The predicted octanol–water partition coefficient (Wildman–Crippen LogP) is 2.68. The fraction of sp³-hybridized carbons (Fsp3) is 0.385. The molecule has 0 aliphatic rings. The number of carbonyl (C=O) groups excluding carboxylic acids is 1. The van der Waals surface area contributed by atoms with E-state index in [9.17, 15) is 4.79 Å². The highest BCUT2D eigenvalue weighted by Gasteiger charge is 2.09. The highest BCUT2D eigenvalue weighted by Crippen LogP contribution is 2.10. The van der Waals surface area contributed by atoms with Gasteiger partial charge in [-0.3, -0.25) is 9.78 Å². The Morgan fingerprint density at radius 3 is 2.87 bits per heavy atom. The van der Waals surface area contributed by atoms with Gasteiger partial charge in [-0.25, -0.2) is 0 Å². The molecule has 1 aromatic heterocycles. The molecule has 1 heterocycles. The van der Waals surface area contributed by atoms with Crippen molar-refractivity contribution in [3.05, 3.63) is 29.1 Å². The average molecular weight is 201 g/mol. The summed E-state index contributed by atoms with van der Waals surface area (Å²) >= 11 is 0. The molecule has 0 bridgehead atoms. The molecule has 0 amide bonds. The minimum atomic E-state index is 0.0859. The standard InChI is InChI=1S/C13H15NO/c1-4-5-6-7-12(15)13-11(3)8-10(2)9-14-13/h1,8-9H,5-7H2,2-3H3. The van der Waals surface area contributed by atoms with Crippen molar-refractivity contribution in [1.29, 1.82) is 0 Å². The number of nitrogens with zero attached hydrogens (tertiary/aromatic N) is 1. The normalized spacial score (nSPS) is 9.67. The number of terminal acetylenes is 1. The van der Waals surface area contributed by atoms with Gasteiger partial charge in [-0.2, -0.15) is 0 Å². The maximum absolute atomic E-state index is 11.7. The van der Waals surface area contributed by atoms with Crippen molar-refractivity contribution in [2.45, 2.75) is 33.1 Å². The number of aromatic nitrogens is 1. The van der Waals surface area contributed by atoms with Crippen LogP contribution in [0.1, 0.15) is 40.9 Å². The number of hydrogen-bond acceptors (Lipinski definition) is 2. The van der Waals surface area contributed by atoms with Crippen LogP contribution in [0, 0.1) is 26.2 Å². The van der Waals surface area contributed by atoms with Crippen LogP contribution in [0.2, 0.25) is 0 Å². The Kier molecular flexibility index (Phi) is 4.05. The Bertz CT molecular complexity index is 401. The number of rotatable bonds is 4. The molecule has 0 aliphatic carbocycles. The molecule has 0 saturated carbocycles. The molecule has 0 unspecified atom stereocenters. The first-order valence-electron chi connectivity index (χ1n) is 5.05. The summed E-state index contributed by atoms with van der Waals surface area (Å²) in [6.07, 6.45) is 8.73. The minimum absolute atomic E-state index is 0.0859. The molecule has 15 heavy (non-hydrogen) atoms. The van der Waals surface area contributed by atoms with E-state index in [0.717, 1.165) is 17.5 Å². The summed E-state index contributed by atoms with van der Waals surface area (Å²) in [5.74, 6) is 2.61. The third-order valence-corrected chi connectivity index (χ3v) is 2.20. The molecule has 0 spiro atoms. The van der Waals surface area contributed by atoms with Gasteiger partial charge < -0.3 is 0 Å². The van der Waals surface area contributed by atoms with E-state index in [1.54, 1.807) is 6.20 Å². The third kappa shape index (κ3) is 3.21. The van der Waals surface area contributed by atoms with Gasteiger partial charge in [0, 0.05) is 19.0 Å². The summed E-state index contributed by atoms with van der Waals surface area (Å²) in [6.45, 7) is 3.88. The van der Waals surface area contributed by atoms with Gasteiger partial charge in [0.15, 0.2) is 5.78 Å². The van der Waals surface area contributed by atoms with Crippen LogP contribution in [0.25, 0.3) is 0 Å². The molecule has 0 saturated heterocycles. The van der Waals surface area contributed by atoms with Crippen LogP contribution in [0.3, 0.4) is 0 Å². The van der Waals surface area contributed by atoms with Crippen molar-refractivity contribution in [3.8, 4) is 12.3 Å². The van der Waals surface area contributed by atoms with Crippen molar-refractivity contribution in [1.82, 2.24) is 4.98 Å². The number of aryl methyl sites for hydroxylation is 2. The topological polar surface area (TPSA) is 30.0 Å². The average Bonchev–Trinajstić information content (AvgIpc) is 2.17. The van der Waals surface area contributed by atoms with E-state index < -0.39 is 0 Å². The first-order chi connectivity index (χ1) is 7.15. The number of pyridine rings is 1. The van der Waals surface area contributed by atoms with Gasteiger partial charge in [0.05, 0.1) is 0 Å². The van der Waals surface area contributed by atoms with Gasteiger partial charge in [-0.1, -0.05) is 6.07 Å². The van der Waals surface area contributed by atoms with E-state index in [-0.39, 0.29) is 5.78 Å². The molecule has 0 atom stereocenters. The van der Waals surface area contributed by atoms with Gasteiger partial charge in [-0.15, -0.1) is 12.3 Å². The SMILES string of the molecule is C#CCCCC(=O)c1ncc(C)cc1C. The van der Waals surface area contributed by atoms with Crippen LogP contribution in [0.5, 0.6) is 0 Å². The molecule has 2 nitrogen and oxygen atoms in total. The summed E-state index contributed by atoms with van der Waals surface area (Å²) in [7, 11) is 0. The molecule has 1 rings (SSSR count). The smallest absolute Gasteiger partial charge is 0.181 e. The zero-order valence-corrected chi connectivity index (χ0v) is 9.21. The van der Waals surface area contributed by atoms with Crippen LogP contribution in [-0.2, 0) is 0 Å². The summed E-state index contributed by atoms with van der Waals surface area (Å²) in [5.41, 5.74) is 2.60. The Morgan fingerprint density at radius 1 is 1.53 bits per heavy atom. The minimum Gasteiger partial charge on any atom is -0.292 e. The molecular weight excluding hydrogens is 186 g/mol. The van der Waals surface area contributed by atoms with Gasteiger partial charge in [0.2, 0.25) is 0 Å². The fourth-order valence-electron chi connectivity index (χ4n) is 1.48. The van der Waals surface area contributed by atoms with E-state index in [0.29, 0.717) is 18.5 Å². The molecule has 2 heteroatoms. The second kappa shape index (κ2) is 5.31. The van der Waals surface area contributed by atoms with E-state index in [4.69, 9.17) is 6.42 Å². The number of ketones is 1. The van der Waals surface area contributed by atoms with Crippen LogP contribution in [0.4, 0.5) is 0 Å². The van der Waals surface area contributed by atoms with Crippen LogP contribution in [-0.4, -0.2) is 10.8 Å². The van der Waals surface area contributed by atoms with E-state index in [1.165, 1.54) is 0 Å². The summed E-state index contributed by atoms with van der Waals surface area (Å²) in [6, 6.07) is 1.97. The third-order valence-electron chi connectivity index (χ3n) is 2.20. The first kappa shape index (κ1) is 11.5. The number of hydrogen-bond donors (Lipinski definition) is 0. The van der Waals surface area contributed by atoms with Crippen LogP contribution in [0.15, 0.2) is 12.3 Å². The maximum Gasteiger partial charge on any atom is 0.181 e. The zero-order chi connectivity index (χ0) is 11.3. The van der Waals surface area contributed by atoms with Crippen molar-refractivity contribution in [3.63, 3.8) is 0 Å². The van der Waals surface area contributed by atoms with Crippen LogP contribution < -0.4 is 0 Å². The Morgan fingerprint density at radius 2 is 2.27 bits per heavy atom. The Labute approximate surface area is 90.7 Å². The molecule has 1 aromatic rings. The number of Topliss-reactive ketones (excluding diaryl/α,β-unsaturated/α-hetero) is 1. The van der Waals surface area contributed by atoms with Gasteiger partial charge in [0.25, 0.3) is 0 Å². The largest absolute Gasteiger partial charge is 0.292 e. The Balaban J connectivity index is 2.70. The van der Waals surface area contributed by atoms with Gasteiger partial charge in [0.1, 0.15) is 5.69 Å². The van der Waals surface area contributed by atoms with Crippen molar-refractivity contribution in [2.24, 2.45) is 0 Å². The lowest BCUT2D eigenvalue weighted by molar-refractivity contribution is 0.0975. The molecule has 0 aliphatic heterocycles. The second-order valence-corrected chi connectivity index (χ2v) is 3.66. The number of unbranched alkanes of at least 4 members (excludes halogenated alkanes) is 1. The second-order valence-electron chi connectivity index (χ2n) is 3.66. The van der Waals surface area contributed by atoms with Crippen molar-refractivity contribution >= 4 is 5.78 Å². The lowest BCUT2D eigenvalue weighted by Gasteiger charge is -2.03. The molecule has 78 valence electrons. The van der Waals surface area contributed by atoms with Gasteiger partial charge >= 0.3 is 0 Å². The van der Waals surface area contributed by atoms with Crippen LogP contribution >= 0.6 is 0 Å². The highest BCUT2D eigenvalue weighted by molar-refractivity contribution is 5.95. The Hall–Kier alpha value is -1.62. The summed E-state index contributed by atoms with van der Waals surface area (Å²) in [4.78, 5) is 15.9. The van der Waals surface area contributed by atoms with E-state index >= 15 is 0 Å². The molecular formula is C13H15NO. The van der Waals surface area contributed by atoms with Crippen molar-refractivity contribution in [2.75, 3.05) is 0 Å². The molecule has 0 radical (unpaired) electrons. The lowest BCUT2D eigenvalue weighted by Crippen LogP contribution is -2.05. The van der Waals surface area contributed by atoms with Gasteiger partial charge in [-0.05, 0) is 31.4 Å². The fourth-order valence-corrected chi connectivity index (χ4v) is 1.48. The highest BCUT2D eigenvalue weighted by atomic mass is 16.1. The monoisotopic (exact) mass is 201 g/mol. The first-order valence-corrected chi connectivity index (χ1v) is 5.05. The molecule has 0 aromatic carbocycles. The lowest BCUT2D eigenvalue weighted by atomic mass is 10.1. The molecule has 0 fully saturated rings.